The van der Waals surface area contributed by atoms with E-state index < -0.39 is 0 Å². The van der Waals surface area contributed by atoms with Crippen LogP contribution in [0.5, 0.6) is 0 Å². The van der Waals surface area contributed by atoms with Crippen molar-refractivity contribution in [2.45, 2.75) is 38.1 Å². The molecule has 2 aromatic rings. The van der Waals surface area contributed by atoms with Gasteiger partial charge in [-0.1, -0.05) is 24.6 Å². The van der Waals surface area contributed by atoms with Gasteiger partial charge in [-0.2, -0.15) is 0 Å². The SMILES string of the molecule is O=C(NCCc1cc2ccccc2[nH]1)NC1CC2CCC1C2. The number of aromatic amines is 1. The Labute approximate surface area is 130 Å². The molecule has 0 radical (unpaired) electrons. The Morgan fingerprint density at radius 1 is 1.23 bits per heavy atom. The Morgan fingerprint density at radius 2 is 2.14 bits per heavy atom. The summed E-state index contributed by atoms with van der Waals surface area (Å²) in [5.41, 5.74) is 2.32. The molecule has 3 unspecified atom stereocenters. The van der Waals surface area contributed by atoms with Crippen molar-refractivity contribution in [1.29, 1.82) is 0 Å². The number of fused-ring (bicyclic) bond motifs is 3. The van der Waals surface area contributed by atoms with Gasteiger partial charge in [0.15, 0.2) is 0 Å². The highest BCUT2D eigenvalue weighted by Gasteiger charge is 2.39. The summed E-state index contributed by atoms with van der Waals surface area (Å²) in [6.45, 7) is 0.666. The van der Waals surface area contributed by atoms with E-state index in [1.165, 1.54) is 36.8 Å². The number of nitrogens with one attached hydrogen (secondary N) is 3. The van der Waals surface area contributed by atoms with Crippen molar-refractivity contribution in [3.63, 3.8) is 0 Å². The highest BCUT2D eigenvalue weighted by molar-refractivity contribution is 5.80. The summed E-state index contributed by atoms with van der Waals surface area (Å²) in [7, 11) is 0. The zero-order chi connectivity index (χ0) is 14.9. The van der Waals surface area contributed by atoms with Gasteiger partial charge < -0.3 is 15.6 Å². The third-order valence-corrected chi connectivity index (χ3v) is 5.32. The van der Waals surface area contributed by atoms with E-state index in [2.05, 4.69) is 33.8 Å². The summed E-state index contributed by atoms with van der Waals surface area (Å²) >= 11 is 0. The molecule has 0 aliphatic heterocycles. The second-order valence-electron chi connectivity index (χ2n) is 6.81. The predicted octanol–water partition coefficient (Wildman–Crippen LogP) is 3.20. The molecule has 1 heterocycles. The maximum absolute atomic E-state index is 12.0. The fraction of sp³-hybridized carbons (Fsp3) is 0.500. The van der Waals surface area contributed by atoms with Crippen molar-refractivity contribution < 1.29 is 4.79 Å². The van der Waals surface area contributed by atoms with E-state index in [1.807, 2.05) is 12.1 Å². The minimum absolute atomic E-state index is 0.00587. The quantitative estimate of drug-likeness (QED) is 0.797. The summed E-state index contributed by atoms with van der Waals surface area (Å²) in [5.74, 6) is 1.59. The monoisotopic (exact) mass is 297 g/mol. The number of aromatic nitrogens is 1. The summed E-state index contributed by atoms with van der Waals surface area (Å²) < 4.78 is 0. The number of para-hydroxylation sites is 1. The first-order chi connectivity index (χ1) is 10.8. The molecular weight excluding hydrogens is 274 g/mol. The molecule has 4 rings (SSSR count). The number of amides is 2. The molecule has 4 nitrogen and oxygen atoms in total. The van der Waals surface area contributed by atoms with Crippen molar-refractivity contribution in [1.82, 2.24) is 15.6 Å². The highest BCUT2D eigenvalue weighted by atomic mass is 16.2. The van der Waals surface area contributed by atoms with Crippen LogP contribution in [0.1, 0.15) is 31.4 Å². The smallest absolute Gasteiger partial charge is 0.315 e. The molecule has 1 aromatic heterocycles. The molecule has 4 heteroatoms. The molecule has 3 atom stereocenters. The number of hydrogen-bond donors (Lipinski definition) is 3. The number of benzene rings is 1. The van der Waals surface area contributed by atoms with Crippen molar-refractivity contribution in [3.8, 4) is 0 Å². The fourth-order valence-electron chi connectivity index (χ4n) is 4.22. The molecule has 2 bridgehead atoms. The molecule has 2 aliphatic rings. The molecule has 0 spiro atoms. The van der Waals surface area contributed by atoms with Crippen molar-refractivity contribution in [2.75, 3.05) is 6.54 Å². The number of carbonyl (C=O) groups is 1. The third-order valence-electron chi connectivity index (χ3n) is 5.32. The Balaban J connectivity index is 1.25. The molecular formula is C18H23N3O. The van der Waals surface area contributed by atoms with E-state index in [-0.39, 0.29) is 6.03 Å². The van der Waals surface area contributed by atoms with Gasteiger partial charge in [-0.25, -0.2) is 4.79 Å². The number of carbonyl (C=O) groups excluding carboxylic acids is 1. The van der Waals surface area contributed by atoms with E-state index >= 15 is 0 Å². The Morgan fingerprint density at radius 3 is 2.91 bits per heavy atom. The molecule has 3 N–H and O–H groups in total. The first-order valence-corrected chi connectivity index (χ1v) is 8.39. The van der Waals surface area contributed by atoms with Gasteiger partial charge in [0.25, 0.3) is 0 Å². The standard InChI is InChI=1S/C18H23N3O/c22-18(21-17-10-12-5-6-14(17)9-12)19-8-7-15-11-13-3-1-2-4-16(13)20-15/h1-4,11-12,14,17,20H,5-10H2,(H2,19,21,22). The largest absolute Gasteiger partial charge is 0.358 e. The van der Waals surface area contributed by atoms with Crippen LogP contribution in [0.2, 0.25) is 0 Å². The first-order valence-electron chi connectivity index (χ1n) is 8.39. The van der Waals surface area contributed by atoms with Crippen LogP contribution in [-0.2, 0) is 6.42 Å². The van der Waals surface area contributed by atoms with Crippen LogP contribution in [0, 0.1) is 11.8 Å². The summed E-state index contributed by atoms with van der Waals surface area (Å²) in [6, 6.07) is 10.8. The van der Waals surface area contributed by atoms with E-state index in [1.54, 1.807) is 0 Å². The van der Waals surface area contributed by atoms with E-state index in [9.17, 15) is 4.79 Å². The second kappa shape index (κ2) is 5.67. The van der Waals surface area contributed by atoms with Crippen LogP contribution < -0.4 is 10.6 Å². The van der Waals surface area contributed by atoms with Gasteiger partial charge in [0, 0.05) is 30.2 Å². The van der Waals surface area contributed by atoms with E-state index in [4.69, 9.17) is 0 Å². The molecule has 22 heavy (non-hydrogen) atoms. The number of hydrogen-bond acceptors (Lipinski definition) is 1. The Hall–Kier alpha value is -1.97. The highest BCUT2D eigenvalue weighted by Crippen LogP contribution is 2.44. The van der Waals surface area contributed by atoms with Crippen molar-refractivity contribution in [3.05, 3.63) is 36.0 Å². The fourth-order valence-corrected chi connectivity index (χ4v) is 4.22. The minimum Gasteiger partial charge on any atom is -0.358 e. The maximum Gasteiger partial charge on any atom is 0.315 e. The lowest BCUT2D eigenvalue weighted by Crippen LogP contribution is -2.44. The van der Waals surface area contributed by atoms with Crippen molar-refractivity contribution >= 4 is 16.9 Å². The predicted molar refractivity (Wildman–Crippen MR) is 87.8 cm³/mol. The topological polar surface area (TPSA) is 56.9 Å². The van der Waals surface area contributed by atoms with Gasteiger partial charge in [0.05, 0.1) is 0 Å². The number of urea groups is 1. The van der Waals surface area contributed by atoms with Gasteiger partial charge in [-0.05, 0) is 48.6 Å². The van der Waals surface area contributed by atoms with Crippen LogP contribution in [-0.4, -0.2) is 23.6 Å². The van der Waals surface area contributed by atoms with E-state index in [0.717, 1.165) is 23.8 Å². The van der Waals surface area contributed by atoms with Crippen LogP contribution >= 0.6 is 0 Å². The molecule has 2 fully saturated rings. The van der Waals surface area contributed by atoms with Crippen LogP contribution in [0.4, 0.5) is 4.79 Å². The lowest BCUT2D eigenvalue weighted by Gasteiger charge is -2.22. The lowest BCUT2D eigenvalue weighted by atomic mass is 9.95. The summed E-state index contributed by atoms with van der Waals surface area (Å²) in [6.07, 6.45) is 5.99. The summed E-state index contributed by atoms with van der Waals surface area (Å²) in [5, 5.41) is 7.38. The first kappa shape index (κ1) is 13.7. The third kappa shape index (κ3) is 2.70. The normalized spacial score (nSPS) is 26.5. The Bertz CT molecular complexity index is 645. The second-order valence-corrected chi connectivity index (χ2v) is 6.81. The maximum atomic E-state index is 12.0. The molecule has 2 amide bonds. The molecule has 2 saturated carbocycles. The van der Waals surface area contributed by atoms with Gasteiger partial charge in [-0.15, -0.1) is 0 Å². The lowest BCUT2D eigenvalue weighted by molar-refractivity contribution is 0.231. The van der Waals surface area contributed by atoms with Crippen LogP contribution in [0.15, 0.2) is 30.3 Å². The molecule has 1 aromatic carbocycles. The van der Waals surface area contributed by atoms with Crippen LogP contribution in [0.3, 0.4) is 0 Å². The average Bonchev–Trinajstić information content (AvgIpc) is 3.21. The van der Waals surface area contributed by atoms with Gasteiger partial charge in [-0.3, -0.25) is 0 Å². The van der Waals surface area contributed by atoms with E-state index in [0.29, 0.717) is 12.6 Å². The zero-order valence-electron chi connectivity index (χ0n) is 12.8. The van der Waals surface area contributed by atoms with Gasteiger partial charge in [0.2, 0.25) is 0 Å². The van der Waals surface area contributed by atoms with Gasteiger partial charge in [0.1, 0.15) is 0 Å². The van der Waals surface area contributed by atoms with Crippen molar-refractivity contribution in [2.24, 2.45) is 11.8 Å². The molecule has 116 valence electrons. The Kier molecular flexibility index (Phi) is 3.53. The van der Waals surface area contributed by atoms with Gasteiger partial charge >= 0.3 is 6.03 Å². The molecule has 2 aliphatic carbocycles. The van der Waals surface area contributed by atoms with Crippen LogP contribution in [0.25, 0.3) is 10.9 Å². The molecule has 0 saturated heterocycles. The zero-order valence-corrected chi connectivity index (χ0v) is 12.8. The minimum atomic E-state index is -0.00587. The average molecular weight is 297 g/mol. The number of rotatable bonds is 4. The number of H-pyrrole nitrogens is 1. The summed E-state index contributed by atoms with van der Waals surface area (Å²) in [4.78, 5) is 15.4.